The summed E-state index contributed by atoms with van der Waals surface area (Å²) in [5, 5.41) is 11.1. The Hall–Kier alpha value is -0.0500. The van der Waals surface area contributed by atoms with Crippen molar-refractivity contribution in [2.45, 2.75) is 78.8 Å². The molecule has 1 aliphatic carbocycles. The zero-order valence-corrected chi connectivity index (χ0v) is 16.7. The fourth-order valence-electron chi connectivity index (χ4n) is 4.27. The van der Waals surface area contributed by atoms with Crippen LogP contribution in [0.3, 0.4) is 0 Å². The van der Waals surface area contributed by atoms with Gasteiger partial charge in [-0.2, -0.15) is 0 Å². The van der Waals surface area contributed by atoms with Crippen LogP contribution in [-0.4, -0.2) is 34.7 Å². The van der Waals surface area contributed by atoms with Crippen LogP contribution in [0, 0.1) is 22.7 Å². The molecule has 2 aliphatic rings. The van der Waals surface area contributed by atoms with Crippen LogP contribution in [0.25, 0.3) is 0 Å². The first-order valence-electron chi connectivity index (χ1n) is 9.34. The Balaban J connectivity index is 2.14. The summed E-state index contributed by atoms with van der Waals surface area (Å²) in [5.41, 5.74) is 1.99. The first-order valence-corrected chi connectivity index (χ1v) is 9.78. The highest BCUT2D eigenvalue weighted by atomic mass is 35.5. The van der Waals surface area contributed by atoms with Gasteiger partial charge in [-0.3, -0.25) is 4.90 Å². The normalized spacial score (nSPS) is 35.0. The summed E-state index contributed by atoms with van der Waals surface area (Å²) in [4.78, 5) is 2.31. The second-order valence-electron chi connectivity index (χ2n) is 9.05. The van der Waals surface area contributed by atoms with Crippen LogP contribution in [0.1, 0.15) is 67.2 Å². The van der Waals surface area contributed by atoms with Gasteiger partial charge in [0.2, 0.25) is 0 Å². The smallest absolute Gasteiger partial charge is 0.110 e. The highest BCUT2D eigenvalue weighted by Crippen LogP contribution is 2.53. The van der Waals surface area contributed by atoms with E-state index in [1.54, 1.807) is 5.57 Å². The van der Waals surface area contributed by atoms with Gasteiger partial charge in [0.05, 0.1) is 0 Å². The monoisotopic (exact) mass is 341 g/mol. The van der Waals surface area contributed by atoms with Gasteiger partial charge in [-0.1, -0.05) is 53.2 Å². The number of alkyl halides is 1. The molecule has 0 saturated carbocycles. The average Bonchev–Trinajstić information content (AvgIpc) is 2.49. The van der Waals surface area contributed by atoms with Gasteiger partial charge in [-0.25, -0.2) is 0 Å². The van der Waals surface area contributed by atoms with Crippen LogP contribution < -0.4 is 0 Å². The van der Waals surface area contributed by atoms with Crippen molar-refractivity contribution in [2.24, 2.45) is 22.7 Å². The van der Waals surface area contributed by atoms with Crippen molar-refractivity contribution in [1.29, 1.82) is 0 Å². The number of aliphatic hydroxyl groups excluding tert-OH is 1. The maximum Gasteiger partial charge on any atom is 0.110 e. The van der Waals surface area contributed by atoms with Crippen molar-refractivity contribution < 1.29 is 5.11 Å². The van der Waals surface area contributed by atoms with Gasteiger partial charge in [0.1, 0.15) is 6.23 Å². The van der Waals surface area contributed by atoms with E-state index < -0.39 is 0 Å². The Morgan fingerprint density at radius 3 is 2.39 bits per heavy atom. The van der Waals surface area contributed by atoms with Crippen molar-refractivity contribution in [1.82, 2.24) is 4.90 Å². The first-order chi connectivity index (χ1) is 10.6. The Morgan fingerprint density at radius 1 is 1.26 bits per heavy atom. The van der Waals surface area contributed by atoms with Gasteiger partial charge in [0.15, 0.2) is 0 Å². The highest BCUT2D eigenvalue weighted by Gasteiger charge is 2.49. The van der Waals surface area contributed by atoms with E-state index in [4.69, 9.17) is 11.6 Å². The molecule has 134 valence electrons. The molecule has 1 fully saturated rings. The minimum Gasteiger partial charge on any atom is -0.378 e. The van der Waals surface area contributed by atoms with Crippen LogP contribution in [0.15, 0.2) is 11.6 Å². The summed E-state index contributed by atoms with van der Waals surface area (Å²) in [5.74, 6) is 0.809. The Bertz CT molecular complexity index is 445. The predicted molar refractivity (Wildman–Crippen MR) is 99.7 cm³/mol. The summed E-state index contributed by atoms with van der Waals surface area (Å²) >= 11 is 6.28. The molecular weight excluding hydrogens is 306 g/mol. The number of allylic oxidation sites excluding steroid dienone is 2. The van der Waals surface area contributed by atoms with Crippen LogP contribution in [0.4, 0.5) is 0 Å². The third-order valence-corrected chi connectivity index (χ3v) is 7.34. The van der Waals surface area contributed by atoms with E-state index in [-0.39, 0.29) is 17.1 Å². The lowest BCUT2D eigenvalue weighted by atomic mass is 9.57. The summed E-state index contributed by atoms with van der Waals surface area (Å²) in [6, 6.07) is 0. The van der Waals surface area contributed by atoms with E-state index in [2.05, 4.69) is 52.5 Å². The van der Waals surface area contributed by atoms with Gasteiger partial charge in [-0.05, 0) is 48.3 Å². The maximum atomic E-state index is 10.8. The van der Waals surface area contributed by atoms with E-state index in [1.165, 1.54) is 0 Å². The van der Waals surface area contributed by atoms with Gasteiger partial charge >= 0.3 is 0 Å². The Labute approximate surface area is 148 Å². The summed E-state index contributed by atoms with van der Waals surface area (Å²) in [6.45, 7) is 15.7. The van der Waals surface area contributed by atoms with Gasteiger partial charge in [0.25, 0.3) is 0 Å². The molecular formula is C20H36ClNO. The lowest BCUT2D eigenvalue weighted by molar-refractivity contribution is -0.108. The molecule has 2 nitrogen and oxygen atoms in total. The predicted octanol–water partition coefficient (Wildman–Crippen LogP) is 5.05. The number of aliphatic hydroxyl groups is 1. The molecule has 0 aromatic rings. The topological polar surface area (TPSA) is 23.5 Å². The molecule has 23 heavy (non-hydrogen) atoms. The fraction of sp³-hybridized carbons (Fsp3) is 0.900. The van der Waals surface area contributed by atoms with Crippen molar-refractivity contribution >= 4 is 11.6 Å². The average molecular weight is 342 g/mol. The van der Waals surface area contributed by atoms with Crippen LogP contribution in [-0.2, 0) is 0 Å². The van der Waals surface area contributed by atoms with Crippen LogP contribution in [0.2, 0.25) is 0 Å². The number of rotatable bonds is 4. The van der Waals surface area contributed by atoms with Crippen molar-refractivity contribution in [3.63, 3.8) is 0 Å². The lowest BCUT2D eigenvalue weighted by Gasteiger charge is -2.55. The summed E-state index contributed by atoms with van der Waals surface area (Å²) in [6.07, 6.45) is 6.46. The minimum absolute atomic E-state index is 0.161. The molecule has 0 aromatic heterocycles. The first kappa shape index (κ1) is 19.3. The van der Waals surface area contributed by atoms with Gasteiger partial charge < -0.3 is 5.11 Å². The number of hydrogen-bond donors (Lipinski definition) is 1. The Kier molecular flexibility index (Phi) is 5.91. The van der Waals surface area contributed by atoms with Crippen molar-refractivity contribution in [3.8, 4) is 0 Å². The third kappa shape index (κ3) is 3.80. The number of hydrogen-bond acceptors (Lipinski definition) is 2. The van der Waals surface area contributed by atoms with Crippen molar-refractivity contribution in [3.05, 3.63) is 11.6 Å². The molecule has 0 bridgehead atoms. The third-order valence-electron chi connectivity index (χ3n) is 6.94. The molecule has 0 aromatic carbocycles. The summed E-state index contributed by atoms with van der Waals surface area (Å²) in [7, 11) is 0. The van der Waals surface area contributed by atoms with Crippen LogP contribution in [0.5, 0.6) is 0 Å². The molecule has 2 rings (SSSR count). The summed E-state index contributed by atoms with van der Waals surface area (Å²) < 4.78 is 0. The Morgan fingerprint density at radius 2 is 1.91 bits per heavy atom. The highest BCUT2D eigenvalue weighted by molar-refractivity contribution is 6.20. The van der Waals surface area contributed by atoms with Crippen molar-refractivity contribution in [2.75, 3.05) is 13.1 Å². The molecule has 1 aliphatic heterocycles. The van der Waals surface area contributed by atoms with Crippen LogP contribution >= 0.6 is 11.6 Å². The minimum atomic E-state index is -0.327. The van der Waals surface area contributed by atoms with E-state index in [1.807, 2.05) is 0 Å². The molecule has 1 saturated heterocycles. The number of halogens is 1. The molecule has 1 N–H and O–H groups in total. The number of nitrogens with zero attached hydrogens (tertiary/aromatic N) is 1. The molecule has 0 spiro atoms. The standard InChI is InChI=1S/C20H36ClNO/c1-14(2)15(3)18(23)22-12-11-20(6,19(4,5)13-22)16-7-9-17(21)10-8-16/h7,14-15,17-18,23H,8-13H2,1-6H3/t15-,17?,18?,20-/m1/s1. The number of piperidine rings is 1. The second kappa shape index (κ2) is 7.06. The zero-order valence-electron chi connectivity index (χ0n) is 15.9. The van der Waals surface area contributed by atoms with E-state index in [0.717, 1.165) is 38.8 Å². The maximum absolute atomic E-state index is 10.8. The molecule has 0 radical (unpaired) electrons. The molecule has 4 atom stereocenters. The van der Waals surface area contributed by atoms with E-state index >= 15 is 0 Å². The molecule has 3 heteroatoms. The van der Waals surface area contributed by atoms with Gasteiger partial charge in [0, 0.05) is 18.5 Å². The van der Waals surface area contributed by atoms with Gasteiger partial charge in [-0.15, -0.1) is 11.6 Å². The number of likely N-dealkylation sites (tertiary alicyclic amines) is 1. The molecule has 2 unspecified atom stereocenters. The SMILES string of the molecule is CC(C)[C@@H](C)C(O)N1CC[C@](C)(C2=CCC(Cl)CC2)C(C)(C)C1. The lowest BCUT2D eigenvalue weighted by Crippen LogP contribution is -2.56. The molecule has 0 amide bonds. The van der Waals surface area contributed by atoms with E-state index in [0.29, 0.717) is 17.2 Å². The largest absolute Gasteiger partial charge is 0.378 e. The zero-order chi connectivity index (χ0) is 17.4. The van der Waals surface area contributed by atoms with E-state index in [9.17, 15) is 5.11 Å². The fourth-order valence-corrected chi connectivity index (χ4v) is 4.47. The molecule has 1 heterocycles. The quantitative estimate of drug-likeness (QED) is 0.571. The second-order valence-corrected chi connectivity index (χ2v) is 9.67.